The molecule has 0 radical (unpaired) electrons. The molecule has 1 heterocycles. The van der Waals surface area contributed by atoms with Gasteiger partial charge in [-0.05, 0) is 6.42 Å². The predicted octanol–water partition coefficient (Wildman–Crippen LogP) is 1.19. The number of hydrogen-bond donors (Lipinski definition) is 1. The summed E-state index contributed by atoms with van der Waals surface area (Å²) in [4.78, 5) is 22.8. The molecule has 0 atom stereocenters. The Bertz CT molecular complexity index is 483. The van der Waals surface area contributed by atoms with E-state index in [9.17, 15) is 14.9 Å². The molecular formula is C11H18N4O4. The van der Waals surface area contributed by atoms with Crippen molar-refractivity contribution in [2.45, 2.75) is 26.2 Å². The van der Waals surface area contributed by atoms with Crippen LogP contribution in [0.25, 0.3) is 0 Å². The third kappa shape index (κ3) is 3.43. The monoisotopic (exact) mass is 270 g/mol. The highest BCUT2D eigenvalue weighted by molar-refractivity contribution is 5.68. The van der Waals surface area contributed by atoms with Crippen LogP contribution >= 0.6 is 0 Å². The van der Waals surface area contributed by atoms with E-state index in [2.05, 4.69) is 5.10 Å². The number of rotatable bonds is 7. The highest BCUT2D eigenvalue weighted by Crippen LogP contribution is 2.31. The van der Waals surface area contributed by atoms with Crippen LogP contribution in [-0.2, 0) is 18.3 Å². The Kier molecular flexibility index (Phi) is 4.85. The molecule has 0 amide bonds. The first-order valence-corrected chi connectivity index (χ1v) is 6.01. The van der Waals surface area contributed by atoms with E-state index in [1.54, 1.807) is 19.0 Å². The summed E-state index contributed by atoms with van der Waals surface area (Å²) in [7, 11) is 3.25. The average Bonchev–Trinajstić information content (AvgIpc) is 2.63. The fourth-order valence-corrected chi connectivity index (χ4v) is 1.95. The van der Waals surface area contributed by atoms with Crippen molar-refractivity contribution in [2.75, 3.05) is 18.5 Å². The van der Waals surface area contributed by atoms with E-state index >= 15 is 0 Å². The van der Waals surface area contributed by atoms with Gasteiger partial charge in [0, 0.05) is 20.6 Å². The molecule has 0 fully saturated rings. The molecule has 1 rings (SSSR count). The molecule has 0 aliphatic carbocycles. The lowest BCUT2D eigenvalue weighted by atomic mass is 10.2. The summed E-state index contributed by atoms with van der Waals surface area (Å²) in [5.74, 6) is -0.597. The van der Waals surface area contributed by atoms with Gasteiger partial charge < -0.3 is 10.0 Å². The fraction of sp³-hybridized carbons (Fsp3) is 0.636. The molecule has 8 heteroatoms. The predicted molar refractivity (Wildman–Crippen MR) is 69.4 cm³/mol. The van der Waals surface area contributed by atoms with Gasteiger partial charge in [0.05, 0.1) is 11.3 Å². The number of aromatic nitrogens is 2. The molecular weight excluding hydrogens is 252 g/mol. The number of nitro groups is 1. The summed E-state index contributed by atoms with van der Waals surface area (Å²) >= 11 is 0. The Morgan fingerprint density at radius 1 is 1.58 bits per heavy atom. The Labute approximate surface area is 110 Å². The summed E-state index contributed by atoms with van der Waals surface area (Å²) in [6.07, 6.45) is 1.20. The lowest BCUT2D eigenvalue weighted by Crippen LogP contribution is -2.24. The van der Waals surface area contributed by atoms with Crippen LogP contribution in [0, 0.1) is 10.1 Å². The Morgan fingerprint density at radius 3 is 2.68 bits per heavy atom. The van der Waals surface area contributed by atoms with E-state index < -0.39 is 10.9 Å². The largest absolute Gasteiger partial charge is 0.481 e. The molecule has 1 aromatic heterocycles. The Hall–Kier alpha value is -2.12. The first-order chi connectivity index (χ1) is 8.88. The van der Waals surface area contributed by atoms with Gasteiger partial charge in [0.25, 0.3) is 0 Å². The molecule has 0 unspecified atom stereocenters. The second-order valence-corrected chi connectivity index (χ2v) is 4.31. The van der Waals surface area contributed by atoms with Crippen molar-refractivity contribution in [3.63, 3.8) is 0 Å². The van der Waals surface area contributed by atoms with Crippen molar-refractivity contribution in [3.05, 3.63) is 15.8 Å². The van der Waals surface area contributed by atoms with E-state index in [-0.39, 0.29) is 18.7 Å². The third-order valence-corrected chi connectivity index (χ3v) is 2.75. The quantitative estimate of drug-likeness (QED) is 0.590. The number of hydrogen-bond acceptors (Lipinski definition) is 5. The minimum absolute atomic E-state index is 0.0303. The third-order valence-electron chi connectivity index (χ3n) is 2.75. The lowest BCUT2D eigenvalue weighted by Gasteiger charge is -2.16. The highest BCUT2D eigenvalue weighted by atomic mass is 16.6. The summed E-state index contributed by atoms with van der Waals surface area (Å²) in [6, 6.07) is 0. The van der Waals surface area contributed by atoms with E-state index in [4.69, 9.17) is 5.11 Å². The van der Waals surface area contributed by atoms with Gasteiger partial charge in [0.2, 0.25) is 5.82 Å². The highest BCUT2D eigenvalue weighted by Gasteiger charge is 2.28. The van der Waals surface area contributed by atoms with E-state index in [1.807, 2.05) is 6.92 Å². The molecule has 106 valence electrons. The van der Waals surface area contributed by atoms with Gasteiger partial charge in [-0.3, -0.25) is 14.9 Å². The van der Waals surface area contributed by atoms with Crippen LogP contribution in [0.3, 0.4) is 0 Å². The molecule has 0 aliphatic rings. The Morgan fingerprint density at radius 2 is 2.21 bits per heavy atom. The number of nitrogens with zero attached hydrogens (tertiary/aromatic N) is 4. The van der Waals surface area contributed by atoms with Gasteiger partial charge in [0.1, 0.15) is 5.69 Å². The zero-order valence-electron chi connectivity index (χ0n) is 11.3. The zero-order valence-corrected chi connectivity index (χ0v) is 11.3. The van der Waals surface area contributed by atoms with Gasteiger partial charge in [-0.1, -0.05) is 13.3 Å². The summed E-state index contributed by atoms with van der Waals surface area (Å²) in [5.41, 5.74) is 0.407. The minimum Gasteiger partial charge on any atom is -0.481 e. The van der Waals surface area contributed by atoms with Gasteiger partial charge in [0.15, 0.2) is 0 Å². The maximum Gasteiger partial charge on any atom is 0.334 e. The topological polar surface area (TPSA) is 102 Å². The van der Waals surface area contributed by atoms with Crippen LogP contribution in [0.2, 0.25) is 0 Å². The molecule has 0 aliphatic heterocycles. The maximum absolute atomic E-state index is 11.2. The smallest absolute Gasteiger partial charge is 0.334 e. The average molecular weight is 270 g/mol. The van der Waals surface area contributed by atoms with Crippen molar-refractivity contribution < 1.29 is 14.8 Å². The normalized spacial score (nSPS) is 10.5. The van der Waals surface area contributed by atoms with E-state index in [0.29, 0.717) is 17.9 Å². The van der Waals surface area contributed by atoms with Crippen LogP contribution in [0.5, 0.6) is 0 Å². The second kappa shape index (κ2) is 6.17. The number of aryl methyl sites for hydroxylation is 2. The molecule has 1 N–H and O–H groups in total. The number of carbonyl (C=O) groups is 1. The molecule has 19 heavy (non-hydrogen) atoms. The number of aliphatic carboxylic acids is 1. The standard InChI is InChI=1S/C11H18N4O4/c1-4-5-8-10(15(18)19)11(14(3)12-8)13(2)7-6-9(16)17/h4-7H2,1-3H3,(H,16,17). The van der Waals surface area contributed by atoms with Crippen LogP contribution in [0.4, 0.5) is 11.5 Å². The molecule has 0 spiro atoms. The van der Waals surface area contributed by atoms with Crippen molar-refractivity contribution in [3.8, 4) is 0 Å². The van der Waals surface area contributed by atoms with Gasteiger partial charge in [-0.25, -0.2) is 4.68 Å². The van der Waals surface area contributed by atoms with E-state index in [1.165, 1.54) is 4.68 Å². The lowest BCUT2D eigenvalue weighted by molar-refractivity contribution is -0.384. The first kappa shape index (κ1) is 14.9. The first-order valence-electron chi connectivity index (χ1n) is 6.01. The summed E-state index contributed by atoms with van der Waals surface area (Å²) in [5, 5.41) is 24.0. The van der Waals surface area contributed by atoms with Crippen molar-refractivity contribution in [2.24, 2.45) is 7.05 Å². The Balaban J connectivity index is 3.10. The van der Waals surface area contributed by atoms with Crippen LogP contribution in [-0.4, -0.2) is 39.4 Å². The summed E-state index contributed by atoms with van der Waals surface area (Å²) < 4.78 is 1.44. The minimum atomic E-state index is -0.939. The number of carboxylic acids is 1. The van der Waals surface area contributed by atoms with Crippen molar-refractivity contribution in [1.82, 2.24) is 9.78 Å². The van der Waals surface area contributed by atoms with Gasteiger partial charge in [-0.2, -0.15) is 5.10 Å². The van der Waals surface area contributed by atoms with Gasteiger partial charge in [-0.15, -0.1) is 0 Å². The maximum atomic E-state index is 11.2. The van der Waals surface area contributed by atoms with Crippen molar-refractivity contribution >= 4 is 17.5 Å². The van der Waals surface area contributed by atoms with Crippen LogP contribution in [0.1, 0.15) is 25.5 Å². The molecule has 0 saturated carbocycles. The summed E-state index contributed by atoms with van der Waals surface area (Å²) in [6.45, 7) is 2.12. The van der Waals surface area contributed by atoms with Crippen LogP contribution in [0.15, 0.2) is 0 Å². The SMILES string of the molecule is CCCc1nn(C)c(N(C)CCC(=O)O)c1[N+](=O)[O-]. The van der Waals surface area contributed by atoms with Gasteiger partial charge >= 0.3 is 11.7 Å². The second-order valence-electron chi connectivity index (χ2n) is 4.31. The molecule has 0 aromatic carbocycles. The van der Waals surface area contributed by atoms with E-state index in [0.717, 1.165) is 6.42 Å². The zero-order chi connectivity index (χ0) is 14.6. The number of carboxylic acid groups (broad SMARTS) is 1. The van der Waals surface area contributed by atoms with Crippen molar-refractivity contribution in [1.29, 1.82) is 0 Å². The number of anilines is 1. The molecule has 1 aromatic rings. The van der Waals surface area contributed by atoms with Crippen LogP contribution < -0.4 is 4.90 Å². The fourth-order valence-electron chi connectivity index (χ4n) is 1.95. The molecule has 0 bridgehead atoms. The molecule has 0 saturated heterocycles. The molecule has 8 nitrogen and oxygen atoms in total.